The summed E-state index contributed by atoms with van der Waals surface area (Å²) < 4.78 is 30.9. The van der Waals surface area contributed by atoms with E-state index in [2.05, 4.69) is 5.16 Å². The summed E-state index contributed by atoms with van der Waals surface area (Å²) in [5, 5.41) is 12.6. The molecule has 1 N–H and O–H groups in total. The molecule has 0 amide bonds. The molecule has 178 valence electrons. The molecule has 2 aromatic rings. The van der Waals surface area contributed by atoms with Crippen molar-refractivity contribution in [3.05, 3.63) is 58.9 Å². The molecule has 1 saturated heterocycles. The third kappa shape index (κ3) is 5.23. The van der Waals surface area contributed by atoms with E-state index in [-0.39, 0.29) is 5.82 Å². The van der Waals surface area contributed by atoms with Gasteiger partial charge in [0.1, 0.15) is 5.82 Å². The van der Waals surface area contributed by atoms with Crippen LogP contribution in [0.5, 0.6) is 0 Å². The van der Waals surface area contributed by atoms with Crippen molar-refractivity contribution in [1.29, 1.82) is 0 Å². The van der Waals surface area contributed by atoms with Gasteiger partial charge in [-0.1, -0.05) is 23.0 Å². The molecule has 0 atom stereocenters. The Bertz CT molecular complexity index is 1050. The third-order valence-corrected chi connectivity index (χ3v) is 7.19. The lowest BCUT2D eigenvalue weighted by atomic mass is 9.81. The van der Waals surface area contributed by atoms with E-state index in [9.17, 15) is 14.4 Å². The van der Waals surface area contributed by atoms with Crippen LogP contribution in [0.4, 0.5) is 4.39 Å². The van der Waals surface area contributed by atoms with Crippen molar-refractivity contribution in [2.45, 2.75) is 54.4 Å². The lowest BCUT2D eigenvalue weighted by Crippen LogP contribution is -2.35. The second-order valence-corrected chi connectivity index (χ2v) is 9.74. The van der Waals surface area contributed by atoms with E-state index >= 15 is 0 Å². The lowest BCUT2D eigenvalue weighted by Gasteiger charge is -2.36. The van der Waals surface area contributed by atoms with Crippen LogP contribution in [-0.4, -0.2) is 44.3 Å². The number of halogens is 1. The van der Waals surface area contributed by atoms with E-state index in [4.69, 9.17) is 14.2 Å². The van der Waals surface area contributed by atoms with E-state index in [1.165, 1.54) is 31.0 Å². The van der Waals surface area contributed by atoms with Crippen LogP contribution in [0.2, 0.25) is 0 Å². The molecule has 6 nitrogen and oxygen atoms in total. The molecular formula is C25H30FNO5S. The number of hydrogen-bond donors (Lipinski definition) is 1. The predicted octanol–water partition coefficient (Wildman–Crippen LogP) is 5.28. The topological polar surface area (TPSA) is 77.4 Å². The highest BCUT2D eigenvalue weighted by Crippen LogP contribution is 2.40. The van der Waals surface area contributed by atoms with Gasteiger partial charge in [-0.05, 0) is 62.2 Å². The van der Waals surface area contributed by atoms with E-state index in [0.717, 1.165) is 15.4 Å². The van der Waals surface area contributed by atoms with Gasteiger partial charge in [0.15, 0.2) is 0 Å². The smallest absolute Gasteiger partial charge is 0.315 e. The maximum atomic E-state index is 14.6. The van der Waals surface area contributed by atoms with Gasteiger partial charge in [-0.25, -0.2) is 4.39 Å². The summed E-state index contributed by atoms with van der Waals surface area (Å²) >= 11 is 1.39. The molecule has 0 bridgehead atoms. The Morgan fingerprint density at radius 3 is 2.45 bits per heavy atom. The van der Waals surface area contributed by atoms with Gasteiger partial charge in [0.2, 0.25) is 0 Å². The van der Waals surface area contributed by atoms with Crippen LogP contribution in [0, 0.1) is 5.82 Å². The van der Waals surface area contributed by atoms with E-state index in [1.54, 1.807) is 33.9 Å². The number of esters is 1. The number of carbonyl (C=O) groups is 1. The maximum Gasteiger partial charge on any atom is 0.315 e. The van der Waals surface area contributed by atoms with Gasteiger partial charge in [-0.2, -0.15) is 0 Å². The molecule has 3 rings (SSSR count). The van der Waals surface area contributed by atoms with Crippen molar-refractivity contribution >= 4 is 23.4 Å². The van der Waals surface area contributed by atoms with Gasteiger partial charge in [-0.15, -0.1) is 0 Å². The standard InChI is InChI=1S/C25H30FNO5S/c1-16(27-29)21-7-6-19(15-22(21)24(2,3)23(28)30-4)33-20-13-17(12-18(26)14-20)25(31-5)8-10-32-11-9-25/h6-7,12-15,29H,8-11H2,1-5H3/b27-16+. The fourth-order valence-electron chi connectivity index (χ4n) is 4.17. The molecule has 1 heterocycles. The minimum absolute atomic E-state index is 0.340. The zero-order valence-corrected chi connectivity index (χ0v) is 20.4. The van der Waals surface area contributed by atoms with E-state index in [1.807, 2.05) is 18.2 Å². The monoisotopic (exact) mass is 475 g/mol. The minimum Gasteiger partial charge on any atom is -0.468 e. The highest BCUT2D eigenvalue weighted by molar-refractivity contribution is 7.99. The van der Waals surface area contributed by atoms with Crippen molar-refractivity contribution in [2.24, 2.45) is 5.16 Å². The number of methoxy groups -OCH3 is 2. The van der Waals surface area contributed by atoms with Gasteiger partial charge < -0.3 is 19.4 Å². The zero-order chi connectivity index (χ0) is 24.2. The fraction of sp³-hybridized carbons (Fsp3) is 0.440. The summed E-state index contributed by atoms with van der Waals surface area (Å²) in [5.74, 6) is -0.751. The SMILES string of the molecule is COC(=O)C(C)(C)c1cc(Sc2cc(F)cc(C3(OC)CCOCC3)c2)ccc1/C(C)=N/O. The number of nitrogens with zero attached hydrogens (tertiary/aromatic N) is 1. The molecule has 8 heteroatoms. The number of oxime groups is 1. The Labute approximate surface area is 198 Å². The first-order chi connectivity index (χ1) is 15.7. The summed E-state index contributed by atoms with van der Waals surface area (Å²) in [4.78, 5) is 14.0. The van der Waals surface area contributed by atoms with Crippen LogP contribution in [0.3, 0.4) is 0 Å². The molecule has 0 spiro atoms. The molecule has 0 radical (unpaired) electrons. The highest BCUT2D eigenvalue weighted by Gasteiger charge is 2.36. The van der Waals surface area contributed by atoms with Gasteiger partial charge in [0, 0.05) is 48.5 Å². The number of ether oxygens (including phenoxy) is 3. The summed E-state index contributed by atoms with van der Waals surface area (Å²) in [6, 6.07) is 10.5. The van der Waals surface area contributed by atoms with Gasteiger partial charge >= 0.3 is 5.97 Å². The van der Waals surface area contributed by atoms with Crippen LogP contribution >= 0.6 is 11.8 Å². The average molecular weight is 476 g/mol. The van der Waals surface area contributed by atoms with Crippen molar-refractivity contribution in [3.8, 4) is 0 Å². The summed E-state index contributed by atoms with van der Waals surface area (Å²) in [5.41, 5.74) is 0.898. The average Bonchev–Trinajstić information content (AvgIpc) is 2.82. The molecule has 33 heavy (non-hydrogen) atoms. The first-order valence-electron chi connectivity index (χ1n) is 10.7. The van der Waals surface area contributed by atoms with E-state index in [0.29, 0.717) is 42.9 Å². The second kappa shape index (κ2) is 10.2. The number of rotatable bonds is 7. The molecule has 1 fully saturated rings. The molecule has 0 saturated carbocycles. The number of hydrogen-bond acceptors (Lipinski definition) is 7. The van der Waals surface area contributed by atoms with Crippen LogP contribution in [0.15, 0.2) is 51.3 Å². The first-order valence-corrected chi connectivity index (χ1v) is 11.5. The Morgan fingerprint density at radius 2 is 1.85 bits per heavy atom. The van der Waals surface area contributed by atoms with Gasteiger partial charge in [0.05, 0.1) is 23.8 Å². The quantitative estimate of drug-likeness (QED) is 0.254. The van der Waals surface area contributed by atoms with Crippen LogP contribution < -0.4 is 0 Å². The summed E-state index contributed by atoms with van der Waals surface area (Å²) in [6.45, 7) is 6.29. The second-order valence-electron chi connectivity index (χ2n) is 8.60. The predicted molar refractivity (Wildman–Crippen MR) is 125 cm³/mol. The van der Waals surface area contributed by atoms with E-state index < -0.39 is 17.0 Å². The van der Waals surface area contributed by atoms with Gasteiger partial charge in [0.25, 0.3) is 0 Å². The van der Waals surface area contributed by atoms with Gasteiger partial charge in [-0.3, -0.25) is 4.79 Å². The number of carbonyl (C=O) groups excluding carboxylic acids is 1. The Balaban J connectivity index is 2.03. The summed E-state index contributed by atoms with van der Waals surface area (Å²) in [7, 11) is 2.99. The van der Waals surface area contributed by atoms with Crippen LogP contribution in [0.1, 0.15) is 50.3 Å². The van der Waals surface area contributed by atoms with Crippen molar-refractivity contribution < 1.29 is 28.6 Å². The van der Waals surface area contributed by atoms with Crippen LogP contribution in [0.25, 0.3) is 0 Å². The van der Waals surface area contributed by atoms with Crippen molar-refractivity contribution in [1.82, 2.24) is 0 Å². The van der Waals surface area contributed by atoms with Crippen LogP contribution in [-0.2, 0) is 30.0 Å². The normalized spacial score (nSPS) is 16.5. The minimum atomic E-state index is -0.984. The molecule has 0 aromatic heterocycles. The zero-order valence-electron chi connectivity index (χ0n) is 19.6. The molecule has 0 unspecified atom stereocenters. The first kappa shape index (κ1) is 25.2. The molecule has 1 aliphatic heterocycles. The molecule has 0 aliphatic carbocycles. The molecule has 2 aromatic carbocycles. The van der Waals surface area contributed by atoms with Crippen molar-refractivity contribution in [3.63, 3.8) is 0 Å². The third-order valence-electron chi connectivity index (χ3n) is 6.22. The largest absolute Gasteiger partial charge is 0.468 e. The lowest BCUT2D eigenvalue weighted by molar-refractivity contribution is -0.146. The Morgan fingerprint density at radius 1 is 1.15 bits per heavy atom. The Kier molecular flexibility index (Phi) is 7.82. The molecule has 1 aliphatic rings. The molecular weight excluding hydrogens is 445 g/mol. The maximum absolute atomic E-state index is 14.6. The summed E-state index contributed by atoms with van der Waals surface area (Å²) in [6.07, 6.45) is 1.31. The number of benzene rings is 2. The highest BCUT2D eigenvalue weighted by atomic mass is 32.2. The van der Waals surface area contributed by atoms with Crippen molar-refractivity contribution in [2.75, 3.05) is 27.4 Å². The Hall–Kier alpha value is -2.42. The fourth-order valence-corrected chi connectivity index (χ4v) is 5.11.